The number of nitrogens with one attached hydrogen (secondary N) is 1. The van der Waals surface area contributed by atoms with Gasteiger partial charge in [0.2, 0.25) is 5.91 Å². The molecule has 1 amide bonds. The minimum Gasteiger partial charge on any atom is -0.307 e. The van der Waals surface area contributed by atoms with E-state index in [1.165, 1.54) is 6.08 Å². The third-order valence-electron chi connectivity index (χ3n) is 2.20. The van der Waals surface area contributed by atoms with Gasteiger partial charge in [0.1, 0.15) is 5.82 Å². The molecule has 0 aliphatic rings. The molecule has 2 rings (SSSR count). The minimum absolute atomic E-state index is 0.204. The Hall–Kier alpha value is -1.94. The van der Waals surface area contributed by atoms with Crippen molar-refractivity contribution in [1.82, 2.24) is 4.98 Å². The average Bonchev–Trinajstić information content (AvgIpc) is 2.38. The van der Waals surface area contributed by atoms with Crippen molar-refractivity contribution >= 4 is 33.7 Å². The van der Waals surface area contributed by atoms with Crippen LogP contribution in [0.25, 0.3) is 6.08 Å². The van der Waals surface area contributed by atoms with Gasteiger partial charge in [-0.15, -0.1) is 0 Å². The normalized spacial score (nSPS) is 10.5. The molecule has 90 valence electrons. The van der Waals surface area contributed by atoms with Gasteiger partial charge >= 0.3 is 0 Å². The number of amides is 1. The first-order valence-corrected chi connectivity index (χ1v) is 6.19. The van der Waals surface area contributed by atoms with Crippen molar-refractivity contribution in [2.75, 3.05) is 5.32 Å². The van der Waals surface area contributed by atoms with Crippen LogP contribution in [0.3, 0.4) is 0 Å². The second-order valence-corrected chi connectivity index (χ2v) is 4.51. The zero-order chi connectivity index (χ0) is 12.8. The van der Waals surface area contributed by atoms with E-state index in [4.69, 9.17) is 0 Å². The van der Waals surface area contributed by atoms with Crippen molar-refractivity contribution < 1.29 is 4.79 Å². The van der Waals surface area contributed by atoms with Crippen LogP contribution >= 0.6 is 15.9 Å². The Morgan fingerprint density at radius 2 is 2.00 bits per heavy atom. The second kappa shape index (κ2) is 6.12. The van der Waals surface area contributed by atoms with Gasteiger partial charge in [-0.25, -0.2) is 4.98 Å². The highest BCUT2D eigenvalue weighted by Crippen LogP contribution is 2.12. The number of halogens is 1. The number of aromatic nitrogens is 1. The molecule has 0 unspecified atom stereocenters. The van der Waals surface area contributed by atoms with Gasteiger partial charge in [0.25, 0.3) is 0 Å². The Bertz CT molecular complexity index is 567. The van der Waals surface area contributed by atoms with Crippen LogP contribution in [0.2, 0.25) is 0 Å². The predicted molar refractivity (Wildman–Crippen MR) is 76.0 cm³/mol. The molecule has 0 saturated carbocycles. The molecule has 0 bridgehead atoms. The van der Waals surface area contributed by atoms with E-state index in [0.717, 1.165) is 10.0 Å². The van der Waals surface area contributed by atoms with Gasteiger partial charge in [-0.2, -0.15) is 0 Å². The molecule has 1 aromatic carbocycles. The lowest BCUT2D eigenvalue weighted by atomic mass is 10.2. The Morgan fingerprint density at radius 3 is 2.72 bits per heavy atom. The zero-order valence-corrected chi connectivity index (χ0v) is 11.1. The molecule has 0 saturated heterocycles. The van der Waals surface area contributed by atoms with Crippen LogP contribution in [-0.4, -0.2) is 10.9 Å². The summed E-state index contributed by atoms with van der Waals surface area (Å²) in [5.74, 6) is 0.316. The molecule has 18 heavy (non-hydrogen) atoms. The summed E-state index contributed by atoms with van der Waals surface area (Å²) in [6.07, 6.45) is 4.87. The number of carbonyl (C=O) groups excluding carboxylic acids is 1. The monoisotopic (exact) mass is 302 g/mol. The maximum atomic E-state index is 11.6. The van der Waals surface area contributed by atoms with Gasteiger partial charge in [-0.3, -0.25) is 4.79 Å². The van der Waals surface area contributed by atoms with Crippen LogP contribution in [0.15, 0.2) is 59.2 Å². The van der Waals surface area contributed by atoms with E-state index in [9.17, 15) is 4.79 Å². The van der Waals surface area contributed by atoms with Crippen LogP contribution in [-0.2, 0) is 4.79 Å². The van der Waals surface area contributed by atoms with Gasteiger partial charge in [0.15, 0.2) is 0 Å². The summed E-state index contributed by atoms with van der Waals surface area (Å²) in [5, 5.41) is 2.69. The highest BCUT2D eigenvalue weighted by Gasteiger charge is 1.99. The van der Waals surface area contributed by atoms with Crippen LogP contribution in [0.4, 0.5) is 5.82 Å². The zero-order valence-electron chi connectivity index (χ0n) is 9.51. The summed E-state index contributed by atoms with van der Waals surface area (Å²) >= 11 is 3.32. The first-order valence-electron chi connectivity index (χ1n) is 5.40. The highest BCUT2D eigenvalue weighted by molar-refractivity contribution is 9.10. The lowest BCUT2D eigenvalue weighted by Gasteiger charge is -2.00. The largest absolute Gasteiger partial charge is 0.307 e. The summed E-state index contributed by atoms with van der Waals surface area (Å²) in [7, 11) is 0. The fraction of sp³-hybridized carbons (Fsp3) is 0. The molecule has 0 aliphatic carbocycles. The van der Waals surface area contributed by atoms with Crippen molar-refractivity contribution in [3.63, 3.8) is 0 Å². The van der Waals surface area contributed by atoms with Crippen LogP contribution in [0.5, 0.6) is 0 Å². The third kappa shape index (κ3) is 3.82. The maximum Gasteiger partial charge on any atom is 0.249 e. The lowest BCUT2D eigenvalue weighted by molar-refractivity contribution is -0.111. The van der Waals surface area contributed by atoms with Crippen LogP contribution in [0, 0.1) is 0 Å². The standard InChI is InChI=1S/C14H11BrN2O/c15-12-8-9-16-13(10-12)17-14(18)7-6-11-4-2-1-3-5-11/h1-10H,(H,16,17,18). The quantitative estimate of drug-likeness (QED) is 0.882. The van der Waals surface area contributed by atoms with Gasteiger partial charge < -0.3 is 5.32 Å². The number of pyridine rings is 1. The molecular formula is C14H11BrN2O. The van der Waals surface area contributed by atoms with E-state index in [-0.39, 0.29) is 5.91 Å². The van der Waals surface area contributed by atoms with E-state index < -0.39 is 0 Å². The van der Waals surface area contributed by atoms with E-state index in [2.05, 4.69) is 26.2 Å². The van der Waals surface area contributed by atoms with E-state index in [0.29, 0.717) is 5.82 Å². The van der Waals surface area contributed by atoms with Crippen molar-refractivity contribution in [3.05, 3.63) is 64.8 Å². The molecule has 1 heterocycles. The predicted octanol–water partition coefficient (Wildman–Crippen LogP) is 3.50. The fourth-order valence-corrected chi connectivity index (χ4v) is 1.71. The van der Waals surface area contributed by atoms with Crippen LogP contribution in [0.1, 0.15) is 5.56 Å². The highest BCUT2D eigenvalue weighted by atomic mass is 79.9. The van der Waals surface area contributed by atoms with Gasteiger partial charge in [0, 0.05) is 16.7 Å². The smallest absolute Gasteiger partial charge is 0.249 e. The van der Waals surface area contributed by atoms with Gasteiger partial charge in [-0.05, 0) is 23.8 Å². The maximum absolute atomic E-state index is 11.6. The third-order valence-corrected chi connectivity index (χ3v) is 2.69. The first kappa shape index (κ1) is 12.5. The van der Waals surface area contributed by atoms with Crippen molar-refractivity contribution in [2.24, 2.45) is 0 Å². The SMILES string of the molecule is O=C(C=Cc1ccccc1)Nc1cc(Br)ccn1. The molecular weight excluding hydrogens is 292 g/mol. The molecule has 2 aromatic rings. The van der Waals surface area contributed by atoms with Crippen molar-refractivity contribution in [2.45, 2.75) is 0 Å². The number of hydrogen-bond donors (Lipinski definition) is 1. The number of rotatable bonds is 3. The Labute approximate surface area is 114 Å². The number of anilines is 1. The topological polar surface area (TPSA) is 42.0 Å². The average molecular weight is 303 g/mol. The molecule has 4 heteroatoms. The molecule has 0 radical (unpaired) electrons. The van der Waals surface area contributed by atoms with E-state index in [1.54, 1.807) is 24.4 Å². The summed E-state index contributed by atoms with van der Waals surface area (Å²) < 4.78 is 0.875. The number of hydrogen-bond acceptors (Lipinski definition) is 2. The Balaban J connectivity index is 1.99. The Kier molecular flexibility index (Phi) is 4.25. The minimum atomic E-state index is -0.204. The molecule has 3 nitrogen and oxygen atoms in total. The summed E-state index contributed by atoms with van der Waals surface area (Å²) in [6, 6.07) is 13.2. The molecule has 1 N–H and O–H groups in total. The molecule has 0 aliphatic heterocycles. The summed E-state index contributed by atoms with van der Waals surface area (Å²) in [4.78, 5) is 15.7. The molecule has 1 aromatic heterocycles. The lowest BCUT2D eigenvalue weighted by Crippen LogP contribution is -2.08. The van der Waals surface area contributed by atoms with Gasteiger partial charge in [0.05, 0.1) is 0 Å². The van der Waals surface area contributed by atoms with E-state index in [1.807, 2.05) is 30.3 Å². The number of carbonyl (C=O) groups is 1. The number of nitrogens with zero attached hydrogens (tertiary/aromatic N) is 1. The van der Waals surface area contributed by atoms with Crippen molar-refractivity contribution in [3.8, 4) is 0 Å². The second-order valence-electron chi connectivity index (χ2n) is 3.59. The Morgan fingerprint density at radius 1 is 1.22 bits per heavy atom. The summed E-state index contributed by atoms with van der Waals surface area (Å²) in [5.41, 5.74) is 0.981. The van der Waals surface area contributed by atoms with Crippen molar-refractivity contribution in [1.29, 1.82) is 0 Å². The van der Waals surface area contributed by atoms with E-state index >= 15 is 0 Å². The van der Waals surface area contributed by atoms with Gasteiger partial charge in [-0.1, -0.05) is 46.3 Å². The summed E-state index contributed by atoms with van der Waals surface area (Å²) in [6.45, 7) is 0. The van der Waals surface area contributed by atoms with Crippen LogP contribution < -0.4 is 5.32 Å². The number of benzene rings is 1. The fourth-order valence-electron chi connectivity index (χ4n) is 1.38. The first-order chi connectivity index (χ1) is 8.74. The molecule has 0 spiro atoms. The molecule has 0 atom stereocenters. The molecule has 0 fully saturated rings.